The number of halogens is 3. The molecular weight excluding hydrogens is 287 g/mol. The number of anilines is 1. The van der Waals surface area contributed by atoms with Gasteiger partial charge in [-0.15, -0.1) is 0 Å². The van der Waals surface area contributed by atoms with Gasteiger partial charge >= 0.3 is 6.18 Å². The quantitative estimate of drug-likeness (QED) is 0.336. The predicted octanol–water partition coefficient (Wildman–Crippen LogP) is 1.76. The van der Waals surface area contributed by atoms with Crippen LogP contribution >= 0.6 is 0 Å². The maximum Gasteiger partial charge on any atom is 0.417 e. The van der Waals surface area contributed by atoms with Gasteiger partial charge in [0.1, 0.15) is 0 Å². The first-order chi connectivity index (χ1) is 9.64. The summed E-state index contributed by atoms with van der Waals surface area (Å²) in [7, 11) is 0. The van der Waals surface area contributed by atoms with Gasteiger partial charge in [0.2, 0.25) is 0 Å². The summed E-state index contributed by atoms with van der Waals surface area (Å²) in [4.78, 5) is 1.67. The fraction of sp³-hybridized carbons (Fsp3) is 0.462. The number of alkyl halides is 3. The van der Waals surface area contributed by atoms with E-state index in [9.17, 15) is 18.3 Å². The zero-order chi connectivity index (χ0) is 15.8. The number of hydrogen-bond acceptors (Lipinski definition) is 4. The van der Waals surface area contributed by atoms with Crippen molar-refractivity contribution in [1.29, 1.82) is 0 Å². The van der Waals surface area contributed by atoms with Gasteiger partial charge in [-0.3, -0.25) is 0 Å². The van der Waals surface area contributed by atoms with E-state index in [0.717, 1.165) is 6.07 Å². The van der Waals surface area contributed by atoms with Crippen LogP contribution in [0.3, 0.4) is 0 Å². The molecule has 0 aliphatic carbocycles. The maximum atomic E-state index is 13.1. The van der Waals surface area contributed by atoms with Crippen molar-refractivity contribution in [2.24, 2.45) is 10.9 Å². The van der Waals surface area contributed by atoms with Crippen LogP contribution in [0.5, 0.6) is 0 Å². The average Bonchev–Trinajstić information content (AvgIpc) is 2.76. The van der Waals surface area contributed by atoms with Crippen molar-refractivity contribution < 1.29 is 23.5 Å². The molecule has 0 bridgehead atoms. The van der Waals surface area contributed by atoms with Crippen LogP contribution in [0, 0.1) is 0 Å². The third-order valence-corrected chi connectivity index (χ3v) is 3.51. The standard InChI is InChI=1S/C13H16F3N3O2/c1-12(20)4-5-19(7-12)8-2-3-9(11(17)18-21)10(6-8)13(14,15)16/h2-3,6,20-21H,4-5,7H2,1H3,(H2,17,18). The van der Waals surface area contributed by atoms with Gasteiger partial charge in [-0.25, -0.2) is 0 Å². The molecule has 0 spiro atoms. The number of nitrogens with two attached hydrogens (primary N) is 1. The summed E-state index contributed by atoms with van der Waals surface area (Å²) in [6, 6.07) is 3.58. The largest absolute Gasteiger partial charge is 0.417 e. The Balaban J connectivity index is 2.43. The summed E-state index contributed by atoms with van der Waals surface area (Å²) in [6.07, 6.45) is -4.14. The molecule has 21 heavy (non-hydrogen) atoms. The summed E-state index contributed by atoms with van der Waals surface area (Å²) in [5.74, 6) is -0.595. The molecule has 1 aromatic rings. The highest BCUT2D eigenvalue weighted by Crippen LogP contribution is 2.36. The fourth-order valence-corrected chi connectivity index (χ4v) is 2.41. The number of hydrogen-bond donors (Lipinski definition) is 3. The number of amidine groups is 1. The van der Waals surface area contributed by atoms with Crippen LogP contribution in [-0.4, -0.2) is 34.8 Å². The Hall–Kier alpha value is -1.96. The number of β-amino-alcohol motifs (C(OH)–C–C–N with tert-alkyl or cyclic N) is 1. The van der Waals surface area contributed by atoms with Crippen LogP contribution in [0.2, 0.25) is 0 Å². The lowest BCUT2D eigenvalue weighted by Crippen LogP contribution is -2.30. The Bertz CT molecular complexity index is 570. The van der Waals surface area contributed by atoms with Crippen LogP contribution in [0.25, 0.3) is 0 Å². The first kappa shape index (κ1) is 15.4. The van der Waals surface area contributed by atoms with E-state index in [1.54, 1.807) is 11.8 Å². The molecule has 1 atom stereocenters. The molecule has 1 aliphatic rings. The molecule has 1 aromatic carbocycles. The molecule has 1 aliphatic heterocycles. The van der Waals surface area contributed by atoms with Crippen LogP contribution in [0.15, 0.2) is 23.4 Å². The Morgan fingerprint density at radius 1 is 1.43 bits per heavy atom. The van der Waals surface area contributed by atoms with Gasteiger partial charge in [-0.2, -0.15) is 13.2 Å². The van der Waals surface area contributed by atoms with Crippen LogP contribution < -0.4 is 10.6 Å². The highest BCUT2D eigenvalue weighted by Gasteiger charge is 2.37. The second-order valence-electron chi connectivity index (χ2n) is 5.38. The molecule has 0 aromatic heterocycles. The molecule has 1 fully saturated rings. The molecule has 8 heteroatoms. The first-order valence-electron chi connectivity index (χ1n) is 6.30. The van der Waals surface area contributed by atoms with E-state index < -0.39 is 23.2 Å². The van der Waals surface area contributed by atoms with E-state index in [1.165, 1.54) is 12.1 Å². The second-order valence-corrected chi connectivity index (χ2v) is 5.38. The van der Waals surface area contributed by atoms with Gasteiger partial charge in [0.25, 0.3) is 0 Å². The van der Waals surface area contributed by atoms with E-state index in [0.29, 0.717) is 18.7 Å². The number of oxime groups is 1. The number of aliphatic hydroxyl groups is 1. The summed E-state index contributed by atoms with van der Waals surface area (Å²) in [6.45, 7) is 2.36. The molecule has 5 nitrogen and oxygen atoms in total. The molecule has 0 amide bonds. The Morgan fingerprint density at radius 2 is 2.10 bits per heavy atom. The second kappa shape index (κ2) is 5.10. The van der Waals surface area contributed by atoms with Crippen LogP contribution in [-0.2, 0) is 6.18 Å². The topological polar surface area (TPSA) is 82.1 Å². The number of benzene rings is 1. The first-order valence-corrected chi connectivity index (χ1v) is 6.30. The van der Waals surface area contributed by atoms with E-state index in [2.05, 4.69) is 5.16 Å². The third kappa shape index (κ3) is 3.21. The highest BCUT2D eigenvalue weighted by atomic mass is 19.4. The Morgan fingerprint density at radius 3 is 2.57 bits per heavy atom. The van der Waals surface area contributed by atoms with Gasteiger partial charge in [-0.1, -0.05) is 5.16 Å². The predicted molar refractivity (Wildman–Crippen MR) is 71.4 cm³/mol. The molecule has 2 rings (SSSR count). The lowest BCUT2D eigenvalue weighted by atomic mass is 10.0. The van der Waals surface area contributed by atoms with Gasteiger partial charge in [0, 0.05) is 24.3 Å². The Kier molecular flexibility index (Phi) is 3.75. The molecule has 1 unspecified atom stereocenters. The zero-order valence-electron chi connectivity index (χ0n) is 11.4. The molecule has 4 N–H and O–H groups in total. The summed E-state index contributed by atoms with van der Waals surface area (Å²) in [5, 5.41) is 21.1. The molecule has 0 saturated carbocycles. The highest BCUT2D eigenvalue weighted by molar-refractivity contribution is 5.99. The molecule has 1 saturated heterocycles. The minimum absolute atomic E-state index is 0.257. The van der Waals surface area contributed by atoms with E-state index in [-0.39, 0.29) is 12.1 Å². The lowest BCUT2D eigenvalue weighted by Gasteiger charge is -2.22. The zero-order valence-corrected chi connectivity index (χ0v) is 11.4. The average molecular weight is 303 g/mol. The van der Waals surface area contributed by atoms with Crippen molar-refractivity contribution in [2.45, 2.75) is 25.1 Å². The fourth-order valence-electron chi connectivity index (χ4n) is 2.41. The molecule has 1 heterocycles. The monoisotopic (exact) mass is 303 g/mol. The normalized spacial score (nSPS) is 23.7. The van der Waals surface area contributed by atoms with Crippen molar-refractivity contribution in [3.8, 4) is 0 Å². The van der Waals surface area contributed by atoms with E-state index in [1.807, 2.05) is 0 Å². The van der Waals surface area contributed by atoms with Crippen molar-refractivity contribution in [2.75, 3.05) is 18.0 Å². The number of rotatable bonds is 2. The summed E-state index contributed by atoms with van der Waals surface area (Å²) < 4.78 is 39.3. The number of nitrogens with zero attached hydrogens (tertiary/aromatic N) is 2. The maximum absolute atomic E-state index is 13.1. The molecule has 116 valence electrons. The molecule has 0 radical (unpaired) electrons. The van der Waals surface area contributed by atoms with Gasteiger partial charge < -0.3 is 20.9 Å². The smallest absolute Gasteiger partial charge is 0.409 e. The third-order valence-electron chi connectivity index (χ3n) is 3.51. The van der Waals surface area contributed by atoms with Gasteiger partial charge in [0.15, 0.2) is 5.84 Å². The lowest BCUT2D eigenvalue weighted by molar-refractivity contribution is -0.137. The van der Waals surface area contributed by atoms with Crippen molar-refractivity contribution >= 4 is 11.5 Å². The van der Waals surface area contributed by atoms with E-state index in [4.69, 9.17) is 10.9 Å². The minimum Gasteiger partial charge on any atom is -0.409 e. The van der Waals surface area contributed by atoms with Crippen LogP contribution in [0.1, 0.15) is 24.5 Å². The van der Waals surface area contributed by atoms with Crippen molar-refractivity contribution in [3.05, 3.63) is 29.3 Å². The van der Waals surface area contributed by atoms with Crippen molar-refractivity contribution in [3.63, 3.8) is 0 Å². The minimum atomic E-state index is -4.62. The van der Waals surface area contributed by atoms with Crippen molar-refractivity contribution in [1.82, 2.24) is 0 Å². The SMILES string of the molecule is CC1(O)CCN(c2ccc(/C(N)=N/O)c(C(F)(F)F)c2)C1. The van der Waals surface area contributed by atoms with Gasteiger partial charge in [-0.05, 0) is 31.5 Å². The molecular formula is C13H16F3N3O2. The summed E-state index contributed by atoms with van der Waals surface area (Å²) >= 11 is 0. The van der Waals surface area contributed by atoms with Gasteiger partial charge in [0.05, 0.1) is 11.2 Å². The van der Waals surface area contributed by atoms with E-state index >= 15 is 0 Å². The Labute approximate surface area is 119 Å². The van der Waals surface area contributed by atoms with Crippen LogP contribution in [0.4, 0.5) is 18.9 Å². The summed E-state index contributed by atoms with van der Waals surface area (Å²) in [5.41, 5.74) is 3.37.